The number of halogens is 2. The minimum Gasteiger partial charge on any atom is -0.382 e. The summed E-state index contributed by atoms with van der Waals surface area (Å²) in [6.45, 7) is 2.64. The molecule has 0 saturated heterocycles. The number of hydrogen-bond acceptors (Lipinski definition) is 3. The van der Waals surface area contributed by atoms with E-state index >= 15 is 0 Å². The van der Waals surface area contributed by atoms with Gasteiger partial charge in [0.1, 0.15) is 11.6 Å². The molecule has 0 N–H and O–H groups in total. The van der Waals surface area contributed by atoms with E-state index in [-0.39, 0.29) is 5.82 Å². The van der Waals surface area contributed by atoms with Crippen LogP contribution in [-0.4, -0.2) is 42.4 Å². The zero-order valence-corrected chi connectivity index (χ0v) is 12.9. The molecule has 0 aliphatic carbocycles. The average molecular weight is 315 g/mol. The van der Waals surface area contributed by atoms with Gasteiger partial charge in [-0.05, 0) is 18.6 Å². The van der Waals surface area contributed by atoms with Crippen LogP contribution >= 0.6 is 11.6 Å². The van der Waals surface area contributed by atoms with Crippen molar-refractivity contribution in [1.82, 2.24) is 9.55 Å². The van der Waals surface area contributed by atoms with Crippen LogP contribution in [0.15, 0.2) is 18.2 Å². The molecule has 1 aromatic heterocycles. The zero-order valence-electron chi connectivity index (χ0n) is 12.1. The number of aryl methyl sites for hydroxylation is 2. The summed E-state index contributed by atoms with van der Waals surface area (Å²) in [5.74, 6) is 1.12. The molecule has 0 atom stereocenters. The number of ether oxygens (including phenoxy) is 2. The third-order valence-electron chi connectivity index (χ3n) is 3.21. The predicted molar refractivity (Wildman–Crippen MR) is 81.4 cm³/mol. The zero-order chi connectivity index (χ0) is 15.1. The summed E-state index contributed by atoms with van der Waals surface area (Å²) in [6, 6.07) is 4.68. The highest BCUT2D eigenvalue weighted by molar-refractivity contribution is 6.17. The van der Waals surface area contributed by atoms with Gasteiger partial charge in [0.05, 0.1) is 24.2 Å². The maximum atomic E-state index is 13.3. The lowest BCUT2D eigenvalue weighted by Crippen LogP contribution is -2.09. The van der Waals surface area contributed by atoms with Crippen molar-refractivity contribution < 1.29 is 13.9 Å². The van der Waals surface area contributed by atoms with Crippen LogP contribution in [0.4, 0.5) is 4.39 Å². The maximum Gasteiger partial charge on any atom is 0.125 e. The lowest BCUT2D eigenvalue weighted by molar-refractivity contribution is 0.0680. The SMILES string of the molecule is COCCOCCCn1c(CCCl)nc2cc(F)ccc21. The minimum absolute atomic E-state index is 0.271. The van der Waals surface area contributed by atoms with Crippen LogP contribution in [0.2, 0.25) is 0 Å². The van der Waals surface area contributed by atoms with E-state index in [4.69, 9.17) is 21.1 Å². The molecule has 0 saturated carbocycles. The number of benzene rings is 1. The standard InChI is InChI=1S/C15H20ClFN2O2/c1-20-9-10-21-8-2-7-19-14-4-3-12(17)11-13(14)18-15(19)5-6-16/h3-4,11H,2,5-10H2,1H3. The highest BCUT2D eigenvalue weighted by Crippen LogP contribution is 2.18. The number of imidazole rings is 1. The first-order valence-electron chi connectivity index (χ1n) is 7.03. The molecular formula is C15H20ClFN2O2. The van der Waals surface area contributed by atoms with Crippen molar-refractivity contribution in [1.29, 1.82) is 0 Å². The summed E-state index contributed by atoms with van der Waals surface area (Å²) in [7, 11) is 1.65. The fourth-order valence-corrected chi connectivity index (χ4v) is 2.42. The van der Waals surface area contributed by atoms with Gasteiger partial charge in [-0.25, -0.2) is 9.37 Å². The molecule has 0 aliphatic heterocycles. The fourth-order valence-electron chi connectivity index (χ4n) is 2.25. The van der Waals surface area contributed by atoms with Gasteiger partial charge in [0.2, 0.25) is 0 Å². The number of rotatable bonds is 9. The van der Waals surface area contributed by atoms with Crippen LogP contribution < -0.4 is 0 Å². The highest BCUT2D eigenvalue weighted by Gasteiger charge is 2.10. The smallest absolute Gasteiger partial charge is 0.125 e. The lowest BCUT2D eigenvalue weighted by Gasteiger charge is -2.09. The fraction of sp³-hybridized carbons (Fsp3) is 0.533. The van der Waals surface area contributed by atoms with Crippen LogP contribution in [0, 0.1) is 5.82 Å². The lowest BCUT2D eigenvalue weighted by atomic mass is 10.3. The van der Waals surface area contributed by atoms with Crippen molar-refractivity contribution in [2.24, 2.45) is 0 Å². The van der Waals surface area contributed by atoms with Crippen molar-refractivity contribution in [3.63, 3.8) is 0 Å². The molecule has 0 bridgehead atoms. The Balaban J connectivity index is 2.04. The van der Waals surface area contributed by atoms with Gasteiger partial charge in [0.25, 0.3) is 0 Å². The third-order valence-corrected chi connectivity index (χ3v) is 3.40. The van der Waals surface area contributed by atoms with Crippen molar-refractivity contribution >= 4 is 22.6 Å². The van der Waals surface area contributed by atoms with Gasteiger partial charge in [-0.3, -0.25) is 0 Å². The molecule has 2 rings (SSSR count). The van der Waals surface area contributed by atoms with Gasteiger partial charge in [0.15, 0.2) is 0 Å². The maximum absolute atomic E-state index is 13.3. The van der Waals surface area contributed by atoms with E-state index in [1.165, 1.54) is 12.1 Å². The Hall–Kier alpha value is -1.17. The second-order valence-corrected chi connectivity index (χ2v) is 5.09. The molecule has 4 nitrogen and oxygen atoms in total. The summed E-state index contributed by atoms with van der Waals surface area (Å²) < 4.78 is 25.8. The summed E-state index contributed by atoms with van der Waals surface area (Å²) in [5, 5.41) is 0. The van der Waals surface area contributed by atoms with E-state index in [0.717, 1.165) is 24.3 Å². The molecule has 6 heteroatoms. The Morgan fingerprint density at radius 1 is 1.29 bits per heavy atom. The van der Waals surface area contributed by atoms with E-state index in [0.29, 0.717) is 37.6 Å². The normalized spacial score (nSPS) is 11.4. The Labute approximate surface area is 128 Å². The van der Waals surface area contributed by atoms with Crippen LogP contribution in [0.3, 0.4) is 0 Å². The van der Waals surface area contributed by atoms with E-state index in [1.54, 1.807) is 13.2 Å². The second-order valence-electron chi connectivity index (χ2n) is 4.71. The molecule has 2 aromatic rings. The topological polar surface area (TPSA) is 36.3 Å². The Kier molecular flexibility index (Phi) is 6.42. The minimum atomic E-state index is -0.271. The Morgan fingerprint density at radius 2 is 2.14 bits per heavy atom. The first-order chi connectivity index (χ1) is 10.3. The molecule has 21 heavy (non-hydrogen) atoms. The monoisotopic (exact) mass is 314 g/mol. The number of nitrogens with zero attached hydrogens (tertiary/aromatic N) is 2. The van der Waals surface area contributed by atoms with Crippen LogP contribution in [0.5, 0.6) is 0 Å². The highest BCUT2D eigenvalue weighted by atomic mass is 35.5. The van der Waals surface area contributed by atoms with E-state index in [1.807, 2.05) is 0 Å². The van der Waals surface area contributed by atoms with Crippen molar-refractivity contribution in [2.75, 3.05) is 32.8 Å². The predicted octanol–water partition coefficient (Wildman–Crippen LogP) is 3.01. The summed E-state index contributed by atoms with van der Waals surface area (Å²) in [4.78, 5) is 4.47. The molecule has 0 unspecified atom stereocenters. The molecule has 0 spiro atoms. The number of alkyl halides is 1. The summed E-state index contributed by atoms with van der Waals surface area (Å²) in [5.41, 5.74) is 1.61. The third kappa shape index (κ3) is 4.40. The van der Waals surface area contributed by atoms with Crippen molar-refractivity contribution in [2.45, 2.75) is 19.4 Å². The van der Waals surface area contributed by atoms with Gasteiger partial charge in [-0.15, -0.1) is 11.6 Å². The van der Waals surface area contributed by atoms with Crippen molar-refractivity contribution in [3.05, 3.63) is 29.8 Å². The number of methoxy groups -OCH3 is 1. The quantitative estimate of drug-likeness (QED) is 0.527. The van der Waals surface area contributed by atoms with E-state index in [9.17, 15) is 4.39 Å². The first-order valence-corrected chi connectivity index (χ1v) is 7.57. The molecule has 1 heterocycles. The second kappa shape index (κ2) is 8.32. The average Bonchev–Trinajstić information content (AvgIpc) is 2.80. The van der Waals surface area contributed by atoms with Gasteiger partial charge < -0.3 is 14.0 Å². The molecule has 1 aromatic carbocycles. The molecule has 0 fully saturated rings. The largest absolute Gasteiger partial charge is 0.382 e. The van der Waals surface area contributed by atoms with Crippen LogP contribution in [0.1, 0.15) is 12.2 Å². The number of aromatic nitrogens is 2. The number of fused-ring (bicyclic) bond motifs is 1. The molecule has 0 radical (unpaired) electrons. The molecule has 116 valence electrons. The first kappa shape index (κ1) is 16.2. The molecule has 0 aliphatic rings. The molecular weight excluding hydrogens is 295 g/mol. The van der Waals surface area contributed by atoms with Gasteiger partial charge in [-0.2, -0.15) is 0 Å². The van der Waals surface area contributed by atoms with Crippen molar-refractivity contribution in [3.8, 4) is 0 Å². The Morgan fingerprint density at radius 3 is 2.90 bits per heavy atom. The van der Waals surface area contributed by atoms with E-state index < -0.39 is 0 Å². The van der Waals surface area contributed by atoms with Gasteiger partial charge in [-0.1, -0.05) is 0 Å². The Bertz CT molecular complexity index is 574. The van der Waals surface area contributed by atoms with Crippen LogP contribution in [0.25, 0.3) is 11.0 Å². The van der Waals surface area contributed by atoms with E-state index in [2.05, 4.69) is 9.55 Å². The summed E-state index contributed by atoms with van der Waals surface area (Å²) in [6.07, 6.45) is 1.53. The van der Waals surface area contributed by atoms with Crippen LogP contribution in [-0.2, 0) is 22.4 Å². The number of hydrogen-bond donors (Lipinski definition) is 0. The molecule has 0 amide bonds. The van der Waals surface area contributed by atoms with Gasteiger partial charge in [0, 0.05) is 38.6 Å². The summed E-state index contributed by atoms with van der Waals surface area (Å²) >= 11 is 5.82. The van der Waals surface area contributed by atoms with Gasteiger partial charge >= 0.3 is 0 Å².